The minimum absolute atomic E-state index is 0.272. The second-order valence-corrected chi connectivity index (χ2v) is 3.75. The van der Waals surface area contributed by atoms with Gasteiger partial charge >= 0.3 is 0 Å². The highest BCUT2D eigenvalue weighted by Gasteiger charge is 2.19. The van der Waals surface area contributed by atoms with Crippen LogP contribution in [0.4, 0.5) is 0 Å². The van der Waals surface area contributed by atoms with Gasteiger partial charge in [-0.25, -0.2) is 0 Å². The minimum atomic E-state index is 0.272. The third-order valence-electron chi connectivity index (χ3n) is 2.27. The molecule has 12 heavy (non-hydrogen) atoms. The number of nitrogens with zero attached hydrogens (tertiary/aromatic N) is 1. The molecule has 2 nitrogen and oxygen atoms in total. The van der Waals surface area contributed by atoms with Crippen molar-refractivity contribution in [3.63, 3.8) is 0 Å². The number of carbonyl (C=O) groups is 1. The molecule has 0 aromatic carbocycles. The average molecular weight is 167 g/mol. The van der Waals surface area contributed by atoms with Gasteiger partial charge in [-0.05, 0) is 12.0 Å². The largest absolute Gasteiger partial charge is 0.383 e. The first kappa shape index (κ1) is 9.30. The molecule has 1 rings (SSSR count). The first-order valence-corrected chi connectivity index (χ1v) is 4.56. The van der Waals surface area contributed by atoms with Gasteiger partial charge in [0.2, 0.25) is 0 Å². The minimum Gasteiger partial charge on any atom is -0.383 e. The molecule has 0 spiro atoms. The Hall–Kier alpha value is -0.790. The van der Waals surface area contributed by atoms with Crippen molar-refractivity contribution >= 4 is 5.78 Å². The SMILES string of the molecule is CN(C)/C=C/C(=O)CC1CCC1. The fourth-order valence-electron chi connectivity index (χ4n) is 1.28. The molecule has 0 atom stereocenters. The Balaban J connectivity index is 2.18. The van der Waals surface area contributed by atoms with Gasteiger partial charge in [-0.15, -0.1) is 0 Å². The maximum Gasteiger partial charge on any atom is 0.157 e. The third kappa shape index (κ3) is 3.07. The molecule has 0 N–H and O–H groups in total. The van der Waals surface area contributed by atoms with Gasteiger partial charge in [-0.2, -0.15) is 0 Å². The van der Waals surface area contributed by atoms with Crippen LogP contribution in [-0.4, -0.2) is 24.8 Å². The highest BCUT2D eigenvalue weighted by molar-refractivity contribution is 5.89. The lowest BCUT2D eigenvalue weighted by molar-refractivity contribution is -0.116. The molecule has 1 aliphatic rings. The zero-order valence-electron chi connectivity index (χ0n) is 7.92. The summed E-state index contributed by atoms with van der Waals surface area (Å²) in [5.74, 6) is 0.956. The van der Waals surface area contributed by atoms with E-state index in [1.165, 1.54) is 19.3 Å². The summed E-state index contributed by atoms with van der Waals surface area (Å²) in [5.41, 5.74) is 0. The van der Waals surface area contributed by atoms with Gasteiger partial charge in [-0.1, -0.05) is 19.3 Å². The van der Waals surface area contributed by atoms with Gasteiger partial charge in [-0.3, -0.25) is 4.79 Å². The molecule has 0 bridgehead atoms. The van der Waals surface area contributed by atoms with Crippen LogP contribution in [0.1, 0.15) is 25.7 Å². The summed E-state index contributed by atoms with van der Waals surface area (Å²) >= 11 is 0. The van der Waals surface area contributed by atoms with Gasteiger partial charge < -0.3 is 4.90 Å². The summed E-state index contributed by atoms with van der Waals surface area (Å²) in [5, 5.41) is 0. The Morgan fingerprint density at radius 3 is 2.58 bits per heavy atom. The van der Waals surface area contributed by atoms with Crippen molar-refractivity contribution in [1.82, 2.24) is 4.90 Å². The van der Waals surface area contributed by atoms with E-state index in [9.17, 15) is 4.79 Å². The molecule has 1 saturated carbocycles. The first-order valence-electron chi connectivity index (χ1n) is 4.56. The highest BCUT2D eigenvalue weighted by atomic mass is 16.1. The number of hydrogen-bond donors (Lipinski definition) is 0. The Kier molecular flexibility index (Phi) is 3.32. The van der Waals surface area contributed by atoms with Gasteiger partial charge in [0.05, 0.1) is 0 Å². The molecule has 68 valence electrons. The van der Waals surface area contributed by atoms with Crippen molar-refractivity contribution in [3.8, 4) is 0 Å². The van der Waals surface area contributed by atoms with Crippen molar-refractivity contribution in [2.45, 2.75) is 25.7 Å². The molecule has 2 heteroatoms. The van der Waals surface area contributed by atoms with E-state index in [0.717, 1.165) is 6.42 Å². The number of ketones is 1. The topological polar surface area (TPSA) is 20.3 Å². The standard InChI is InChI=1S/C10H17NO/c1-11(2)7-6-10(12)8-9-4-3-5-9/h6-7,9H,3-5,8H2,1-2H3/b7-6+. The fourth-order valence-corrected chi connectivity index (χ4v) is 1.28. The smallest absolute Gasteiger partial charge is 0.157 e. The molecule has 1 aliphatic carbocycles. The second-order valence-electron chi connectivity index (χ2n) is 3.75. The van der Waals surface area contributed by atoms with Crippen LogP contribution >= 0.6 is 0 Å². The van der Waals surface area contributed by atoms with E-state index >= 15 is 0 Å². The van der Waals surface area contributed by atoms with Crippen LogP contribution in [-0.2, 0) is 4.79 Å². The lowest BCUT2D eigenvalue weighted by Crippen LogP contribution is -2.15. The predicted molar refractivity (Wildman–Crippen MR) is 49.8 cm³/mol. The molecule has 0 radical (unpaired) electrons. The van der Waals surface area contributed by atoms with Crippen LogP contribution in [0.25, 0.3) is 0 Å². The highest BCUT2D eigenvalue weighted by Crippen LogP contribution is 2.29. The van der Waals surface area contributed by atoms with Crippen LogP contribution < -0.4 is 0 Å². The Morgan fingerprint density at radius 1 is 1.50 bits per heavy atom. The molecule has 0 amide bonds. The number of carbonyl (C=O) groups excluding carboxylic acids is 1. The summed E-state index contributed by atoms with van der Waals surface area (Å²) in [6, 6.07) is 0. The average Bonchev–Trinajstić information content (AvgIpc) is 1.93. The maximum atomic E-state index is 11.2. The Morgan fingerprint density at radius 2 is 2.17 bits per heavy atom. The van der Waals surface area contributed by atoms with Gasteiger partial charge in [0.1, 0.15) is 0 Å². The van der Waals surface area contributed by atoms with Crippen LogP contribution in [0.3, 0.4) is 0 Å². The summed E-state index contributed by atoms with van der Waals surface area (Å²) in [6.45, 7) is 0. The Labute approximate surface area is 74.2 Å². The number of hydrogen-bond acceptors (Lipinski definition) is 2. The third-order valence-corrected chi connectivity index (χ3v) is 2.27. The summed E-state index contributed by atoms with van der Waals surface area (Å²) in [4.78, 5) is 13.1. The molecule has 0 aromatic rings. The van der Waals surface area contributed by atoms with Gasteiger partial charge in [0.15, 0.2) is 5.78 Å². The van der Waals surface area contributed by atoms with Gasteiger partial charge in [0.25, 0.3) is 0 Å². The van der Waals surface area contributed by atoms with E-state index < -0.39 is 0 Å². The maximum absolute atomic E-state index is 11.2. The van der Waals surface area contributed by atoms with E-state index in [4.69, 9.17) is 0 Å². The molecule has 0 heterocycles. The first-order chi connectivity index (χ1) is 5.68. The summed E-state index contributed by atoms with van der Waals surface area (Å²) < 4.78 is 0. The molecular weight excluding hydrogens is 150 g/mol. The lowest BCUT2D eigenvalue weighted by Gasteiger charge is -2.23. The van der Waals surface area contributed by atoms with Crippen molar-refractivity contribution in [2.75, 3.05) is 14.1 Å². The zero-order chi connectivity index (χ0) is 8.97. The van der Waals surface area contributed by atoms with E-state index in [-0.39, 0.29) is 5.78 Å². The number of rotatable bonds is 4. The van der Waals surface area contributed by atoms with E-state index in [2.05, 4.69) is 0 Å². The Bertz CT molecular complexity index is 180. The molecular formula is C10H17NO. The lowest BCUT2D eigenvalue weighted by atomic mass is 9.82. The summed E-state index contributed by atoms with van der Waals surface area (Å²) in [7, 11) is 3.85. The van der Waals surface area contributed by atoms with Crippen molar-refractivity contribution in [2.24, 2.45) is 5.92 Å². The van der Waals surface area contributed by atoms with Crippen LogP contribution in [0.15, 0.2) is 12.3 Å². The summed E-state index contributed by atoms with van der Waals surface area (Å²) in [6.07, 6.45) is 8.07. The number of allylic oxidation sites excluding steroid dienone is 1. The van der Waals surface area contributed by atoms with E-state index in [1.54, 1.807) is 6.08 Å². The van der Waals surface area contributed by atoms with Crippen molar-refractivity contribution < 1.29 is 4.79 Å². The van der Waals surface area contributed by atoms with Gasteiger partial charge in [0, 0.05) is 26.7 Å². The molecule has 0 unspecified atom stereocenters. The quantitative estimate of drug-likeness (QED) is 0.595. The van der Waals surface area contributed by atoms with E-state index in [0.29, 0.717) is 5.92 Å². The van der Waals surface area contributed by atoms with Crippen LogP contribution in [0, 0.1) is 5.92 Å². The van der Waals surface area contributed by atoms with Crippen molar-refractivity contribution in [3.05, 3.63) is 12.3 Å². The normalized spacial score (nSPS) is 17.8. The molecule has 1 fully saturated rings. The predicted octanol–water partition coefficient (Wildman–Crippen LogP) is 1.82. The second kappa shape index (κ2) is 4.29. The molecule has 0 aromatic heterocycles. The zero-order valence-corrected chi connectivity index (χ0v) is 7.92. The van der Waals surface area contributed by atoms with Crippen LogP contribution in [0.2, 0.25) is 0 Å². The molecule has 0 aliphatic heterocycles. The fraction of sp³-hybridized carbons (Fsp3) is 0.700. The van der Waals surface area contributed by atoms with Crippen LogP contribution in [0.5, 0.6) is 0 Å². The molecule has 0 saturated heterocycles. The van der Waals surface area contributed by atoms with E-state index in [1.807, 2.05) is 25.2 Å². The van der Waals surface area contributed by atoms with Crippen molar-refractivity contribution in [1.29, 1.82) is 0 Å². The monoisotopic (exact) mass is 167 g/mol.